The van der Waals surface area contributed by atoms with Gasteiger partial charge in [-0.15, -0.1) is 0 Å². The van der Waals surface area contributed by atoms with Gasteiger partial charge in [-0.2, -0.15) is 12.6 Å². The number of carbonyl (C=O) groups is 1. The number of amides is 1. The molecule has 1 aromatic rings. The number of fused-ring (bicyclic) bond motifs is 1. The van der Waals surface area contributed by atoms with E-state index in [1.165, 1.54) is 6.07 Å². The fourth-order valence-corrected chi connectivity index (χ4v) is 3.82. The highest BCUT2D eigenvalue weighted by molar-refractivity contribution is 7.90. The van der Waals surface area contributed by atoms with Crippen molar-refractivity contribution in [3.63, 3.8) is 0 Å². The molecule has 1 aromatic carbocycles. The maximum atomic E-state index is 12.2. The Morgan fingerprint density at radius 3 is 2.60 bits per heavy atom. The first-order chi connectivity index (χ1) is 9.39. The molecule has 7 nitrogen and oxygen atoms in total. The van der Waals surface area contributed by atoms with E-state index in [1.54, 1.807) is 0 Å². The summed E-state index contributed by atoms with van der Waals surface area (Å²) in [5.41, 5.74) is -0.362. The lowest BCUT2D eigenvalue weighted by Crippen LogP contribution is -2.31. The molecule has 0 saturated heterocycles. The van der Waals surface area contributed by atoms with Gasteiger partial charge >= 0.3 is 0 Å². The van der Waals surface area contributed by atoms with Crippen LogP contribution >= 0.6 is 12.6 Å². The van der Waals surface area contributed by atoms with Gasteiger partial charge < -0.3 is 0 Å². The van der Waals surface area contributed by atoms with Gasteiger partial charge in [0.25, 0.3) is 21.6 Å². The van der Waals surface area contributed by atoms with Crippen molar-refractivity contribution in [2.24, 2.45) is 0 Å². The van der Waals surface area contributed by atoms with Gasteiger partial charge in [-0.05, 0) is 24.7 Å². The number of hydrogen-bond acceptors (Lipinski definition) is 6. The third-order valence-corrected chi connectivity index (χ3v) is 5.11. The van der Waals surface area contributed by atoms with Gasteiger partial charge in [0.1, 0.15) is 4.90 Å². The number of thiol groups is 1. The molecule has 0 spiro atoms. The average molecular weight is 316 g/mol. The van der Waals surface area contributed by atoms with E-state index in [0.717, 1.165) is 16.4 Å². The fourth-order valence-electron chi connectivity index (χ4n) is 1.97. The quantitative estimate of drug-likeness (QED) is 0.384. The number of unbranched alkanes of at least 4 members (excludes halogenated alkanes) is 1. The Balaban J connectivity index is 2.40. The number of nitro benzene ring substituents is 1. The number of nitrogens with zero attached hydrogens (tertiary/aromatic N) is 2. The monoisotopic (exact) mass is 316 g/mol. The lowest BCUT2D eigenvalue weighted by Gasteiger charge is -2.14. The molecule has 0 unspecified atom stereocenters. The number of sulfonamides is 1. The maximum absolute atomic E-state index is 12.2. The van der Waals surface area contributed by atoms with Crippen molar-refractivity contribution in [1.82, 2.24) is 4.31 Å². The topological polar surface area (TPSA) is 97.6 Å². The zero-order chi connectivity index (χ0) is 14.9. The average Bonchev–Trinajstić information content (AvgIpc) is 2.59. The first kappa shape index (κ1) is 14.8. The van der Waals surface area contributed by atoms with Gasteiger partial charge in [-0.25, -0.2) is 12.7 Å². The van der Waals surface area contributed by atoms with Crippen molar-refractivity contribution in [3.8, 4) is 0 Å². The van der Waals surface area contributed by atoms with E-state index in [0.29, 0.717) is 18.6 Å². The maximum Gasteiger partial charge on any atom is 0.270 e. The summed E-state index contributed by atoms with van der Waals surface area (Å²) in [6.07, 6.45) is 1.18. The Kier molecular flexibility index (Phi) is 4.00. The Morgan fingerprint density at radius 2 is 2.00 bits per heavy atom. The summed E-state index contributed by atoms with van der Waals surface area (Å²) in [6.45, 7) is 0.0597. The molecule has 0 aromatic heterocycles. The molecule has 2 rings (SSSR count). The van der Waals surface area contributed by atoms with E-state index in [2.05, 4.69) is 12.6 Å². The van der Waals surface area contributed by atoms with E-state index in [9.17, 15) is 23.3 Å². The normalized spacial score (nSPS) is 16.2. The molecule has 0 saturated carbocycles. The minimum absolute atomic E-state index is 0.0125. The Bertz CT molecular complexity index is 671. The number of rotatable bonds is 5. The standard InChI is InChI=1S/C11H12N2O5S2/c14-11-9-4-3-8(13(15)16)7-10(9)20(17,18)12(11)5-1-2-6-19/h3-4,7,19H,1-2,5-6H2. The largest absolute Gasteiger partial charge is 0.270 e. The van der Waals surface area contributed by atoms with Crippen LogP contribution in [0.5, 0.6) is 0 Å². The molecule has 0 N–H and O–H groups in total. The molecule has 1 amide bonds. The minimum Gasteiger partial charge on any atom is -0.268 e. The lowest BCUT2D eigenvalue weighted by atomic mass is 10.2. The predicted octanol–water partition coefficient (Wildman–Crippen LogP) is 1.45. The first-order valence-electron chi connectivity index (χ1n) is 5.86. The zero-order valence-corrected chi connectivity index (χ0v) is 12.1. The second-order valence-electron chi connectivity index (χ2n) is 4.25. The van der Waals surface area contributed by atoms with E-state index in [4.69, 9.17) is 0 Å². The third kappa shape index (κ3) is 2.38. The van der Waals surface area contributed by atoms with Gasteiger partial charge in [0.2, 0.25) is 0 Å². The molecule has 0 fully saturated rings. The van der Waals surface area contributed by atoms with E-state index >= 15 is 0 Å². The zero-order valence-electron chi connectivity index (χ0n) is 10.4. The molecule has 1 aliphatic rings. The van der Waals surface area contributed by atoms with Crippen LogP contribution in [0.25, 0.3) is 0 Å². The van der Waals surface area contributed by atoms with Gasteiger partial charge in [-0.1, -0.05) is 0 Å². The third-order valence-electron chi connectivity index (χ3n) is 2.97. The molecule has 0 radical (unpaired) electrons. The molecule has 0 atom stereocenters. The van der Waals surface area contributed by atoms with Crippen LogP contribution < -0.4 is 0 Å². The number of carbonyl (C=O) groups excluding carboxylic acids is 1. The van der Waals surface area contributed by atoms with Crippen molar-refractivity contribution >= 4 is 34.2 Å². The number of benzene rings is 1. The van der Waals surface area contributed by atoms with Gasteiger partial charge in [0.05, 0.1) is 10.5 Å². The smallest absolute Gasteiger partial charge is 0.268 e. The van der Waals surface area contributed by atoms with E-state index in [-0.39, 0.29) is 22.7 Å². The second-order valence-corrected chi connectivity index (χ2v) is 6.53. The first-order valence-corrected chi connectivity index (χ1v) is 7.93. The van der Waals surface area contributed by atoms with Crippen LogP contribution in [0, 0.1) is 10.1 Å². The molecule has 108 valence electrons. The van der Waals surface area contributed by atoms with Crippen molar-refractivity contribution in [3.05, 3.63) is 33.9 Å². The molecule has 20 heavy (non-hydrogen) atoms. The summed E-state index contributed by atoms with van der Waals surface area (Å²) >= 11 is 4.02. The molecule has 0 aliphatic carbocycles. The Hall–Kier alpha value is -1.61. The molecule has 0 bridgehead atoms. The predicted molar refractivity (Wildman–Crippen MR) is 74.4 cm³/mol. The van der Waals surface area contributed by atoms with Crippen LogP contribution in [0.2, 0.25) is 0 Å². The highest BCUT2D eigenvalue weighted by atomic mass is 32.2. The molecular formula is C11H12N2O5S2. The minimum atomic E-state index is -3.98. The van der Waals surface area contributed by atoms with Crippen LogP contribution in [-0.4, -0.2) is 35.9 Å². The number of nitro groups is 1. The summed E-state index contributed by atoms with van der Waals surface area (Å²) in [7, 11) is -3.98. The number of hydrogen-bond donors (Lipinski definition) is 1. The SMILES string of the molecule is O=C1c2ccc([N+](=O)[O-])cc2S(=O)(=O)N1CCCCS. The van der Waals surface area contributed by atoms with Gasteiger partial charge in [0.15, 0.2) is 0 Å². The highest BCUT2D eigenvalue weighted by Crippen LogP contribution is 2.33. The van der Waals surface area contributed by atoms with Crippen molar-refractivity contribution in [1.29, 1.82) is 0 Å². The van der Waals surface area contributed by atoms with E-state index < -0.39 is 20.9 Å². The lowest BCUT2D eigenvalue weighted by molar-refractivity contribution is -0.385. The fraction of sp³-hybridized carbons (Fsp3) is 0.364. The van der Waals surface area contributed by atoms with Crippen LogP contribution in [0.3, 0.4) is 0 Å². The highest BCUT2D eigenvalue weighted by Gasteiger charge is 2.41. The summed E-state index contributed by atoms with van der Waals surface area (Å²) < 4.78 is 25.2. The number of non-ortho nitro benzene ring substituents is 1. The van der Waals surface area contributed by atoms with E-state index in [1.807, 2.05) is 0 Å². The summed E-state index contributed by atoms with van der Waals surface area (Å²) in [4.78, 5) is 21.8. The second kappa shape index (κ2) is 5.41. The Labute approximate surface area is 121 Å². The van der Waals surface area contributed by atoms with Crippen LogP contribution in [0.4, 0.5) is 5.69 Å². The van der Waals surface area contributed by atoms with Crippen molar-refractivity contribution < 1.29 is 18.1 Å². The summed E-state index contributed by atoms with van der Waals surface area (Å²) in [6, 6.07) is 3.25. The van der Waals surface area contributed by atoms with Gasteiger partial charge in [-0.3, -0.25) is 14.9 Å². The summed E-state index contributed by atoms with van der Waals surface area (Å²) in [5, 5.41) is 10.7. The molecule has 9 heteroatoms. The van der Waals surface area contributed by atoms with Gasteiger partial charge in [0, 0.05) is 18.7 Å². The summed E-state index contributed by atoms with van der Waals surface area (Å²) in [5.74, 6) is -0.0328. The van der Waals surface area contributed by atoms with Crippen LogP contribution in [-0.2, 0) is 10.0 Å². The van der Waals surface area contributed by atoms with Crippen molar-refractivity contribution in [2.45, 2.75) is 17.7 Å². The van der Waals surface area contributed by atoms with Crippen LogP contribution in [0.15, 0.2) is 23.1 Å². The Morgan fingerprint density at radius 1 is 1.30 bits per heavy atom. The molecule has 1 heterocycles. The molecular weight excluding hydrogens is 304 g/mol. The molecule has 1 aliphatic heterocycles. The van der Waals surface area contributed by atoms with Crippen LogP contribution in [0.1, 0.15) is 23.2 Å². The van der Waals surface area contributed by atoms with Crippen molar-refractivity contribution in [2.75, 3.05) is 12.3 Å².